The van der Waals surface area contributed by atoms with E-state index in [2.05, 4.69) is 11.9 Å². The highest BCUT2D eigenvalue weighted by Crippen LogP contribution is 2.33. The van der Waals surface area contributed by atoms with Crippen molar-refractivity contribution in [1.82, 2.24) is 9.47 Å². The smallest absolute Gasteiger partial charge is 0.258 e. The molecule has 0 atom stereocenters. The van der Waals surface area contributed by atoms with Crippen LogP contribution in [-0.4, -0.2) is 60.1 Å². The van der Waals surface area contributed by atoms with Crippen LogP contribution in [-0.2, 0) is 6.54 Å². The molecule has 1 aliphatic rings. The SMILES string of the molecule is CCn1c(=O)cc(C2CCN(C)CC2)c2cc(C(=O)N(C)c3ccc(C)cc3C(=O)CCCO)ccc21. The fourth-order valence-electron chi connectivity index (χ4n) is 5.37. The third-order valence-corrected chi connectivity index (χ3v) is 7.55. The third kappa shape index (κ3) is 5.53. The number of pyridine rings is 1. The Morgan fingerprint density at radius 1 is 1.08 bits per heavy atom. The molecule has 0 unspecified atom stereocenters. The second kappa shape index (κ2) is 11.4. The van der Waals surface area contributed by atoms with Crippen LogP contribution in [0.4, 0.5) is 5.69 Å². The fraction of sp³-hybridized carbons (Fsp3) is 0.433. The number of likely N-dealkylation sites (tertiary alicyclic amines) is 1. The standard InChI is InChI=1S/C30H37N3O4/c1-5-33-27-11-9-22(18-24(27)23(19-29(33)36)21-12-14-31(3)15-13-21)30(37)32(4)26-10-8-20(2)17-25(26)28(35)7-6-16-34/h8-11,17-19,21,34H,5-7,12-16H2,1-4H3. The van der Waals surface area contributed by atoms with Crippen LogP contribution >= 0.6 is 0 Å². The lowest BCUT2D eigenvalue weighted by atomic mass is 9.87. The molecule has 1 saturated heterocycles. The molecular formula is C30H37N3O4. The lowest BCUT2D eigenvalue weighted by molar-refractivity contribution is 0.0971. The molecule has 1 fully saturated rings. The topological polar surface area (TPSA) is 82.9 Å². The van der Waals surface area contributed by atoms with Gasteiger partial charge in [0.05, 0.1) is 11.2 Å². The third-order valence-electron chi connectivity index (χ3n) is 7.55. The summed E-state index contributed by atoms with van der Waals surface area (Å²) >= 11 is 0. The van der Waals surface area contributed by atoms with Gasteiger partial charge in [0.1, 0.15) is 0 Å². The second-order valence-corrected chi connectivity index (χ2v) is 10.1. The molecule has 7 nitrogen and oxygen atoms in total. The average Bonchev–Trinajstić information content (AvgIpc) is 2.90. The molecule has 1 aliphatic heterocycles. The number of fused-ring (bicyclic) bond motifs is 1. The number of aliphatic hydroxyl groups excluding tert-OH is 1. The first-order chi connectivity index (χ1) is 17.7. The summed E-state index contributed by atoms with van der Waals surface area (Å²) in [4.78, 5) is 43.4. The van der Waals surface area contributed by atoms with Gasteiger partial charge in [-0.05, 0) is 95.1 Å². The highest BCUT2D eigenvalue weighted by atomic mass is 16.3. The van der Waals surface area contributed by atoms with Crippen LogP contribution in [0.3, 0.4) is 0 Å². The maximum Gasteiger partial charge on any atom is 0.258 e. The largest absolute Gasteiger partial charge is 0.396 e. The molecule has 0 spiro atoms. The quantitative estimate of drug-likeness (QED) is 0.462. The summed E-state index contributed by atoms with van der Waals surface area (Å²) in [5.41, 5.74) is 4.34. The summed E-state index contributed by atoms with van der Waals surface area (Å²) in [7, 11) is 3.80. The van der Waals surface area contributed by atoms with E-state index in [0.29, 0.717) is 29.8 Å². The van der Waals surface area contributed by atoms with Crippen molar-refractivity contribution in [3.63, 3.8) is 0 Å². The van der Waals surface area contributed by atoms with Crippen molar-refractivity contribution in [3.8, 4) is 0 Å². The van der Waals surface area contributed by atoms with Gasteiger partial charge in [0, 0.05) is 49.2 Å². The Bertz CT molecular complexity index is 1370. The van der Waals surface area contributed by atoms with Gasteiger partial charge in [-0.25, -0.2) is 0 Å². The van der Waals surface area contributed by atoms with Gasteiger partial charge in [-0.15, -0.1) is 0 Å². The van der Waals surface area contributed by atoms with Gasteiger partial charge in [0.15, 0.2) is 5.78 Å². The fourth-order valence-corrected chi connectivity index (χ4v) is 5.37. The average molecular weight is 504 g/mol. The number of benzene rings is 2. The van der Waals surface area contributed by atoms with E-state index in [4.69, 9.17) is 5.11 Å². The zero-order valence-electron chi connectivity index (χ0n) is 22.3. The summed E-state index contributed by atoms with van der Waals surface area (Å²) in [6.45, 7) is 6.32. The summed E-state index contributed by atoms with van der Waals surface area (Å²) in [5, 5.41) is 10.1. The number of hydrogen-bond acceptors (Lipinski definition) is 5. The van der Waals surface area contributed by atoms with Crippen molar-refractivity contribution < 1.29 is 14.7 Å². The zero-order valence-corrected chi connectivity index (χ0v) is 22.3. The Kier molecular flexibility index (Phi) is 8.25. The monoisotopic (exact) mass is 503 g/mol. The molecule has 0 saturated carbocycles. The van der Waals surface area contributed by atoms with Crippen LogP contribution in [0.2, 0.25) is 0 Å². The predicted octanol–water partition coefficient (Wildman–Crippen LogP) is 4.37. The normalized spacial score (nSPS) is 14.7. The van der Waals surface area contributed by atoms with Gasteiger partial charge in [0.25, 0.3) is 11.5 Å². The molecule has 2 heterocycles. The van der Waals surface area contributed by atoms with E-state index in [9.17, 15) is 14.4 Å². The van der Waals surface area contributed by atoms with Crippen LogP contribution in [0, 0.1) is 6.92 Å². The van der Waals surface area contributed by atoms with Gasteiger partial charge in [-0.2, -0.15) is 0 Å². The van der Waals surface area contributed by atoms with Gasteiger partial charge in [-0.3, -0.25) is 14.4 Å². The van der Waals surface area contributed by atoms with Crippen LogP contribution in [0.5, 0.6) is 0 Å². The number of amides is 1. The minimum Gasteiger partial charge on any atom is -0.396 e. The summed E-state index contributed by atoms with van der Waals surface area (Å²) < 4.78 is 1.75. The van der Waals surface area contributed by atoms with E-state index in [-0.39, 0.29) is 36.2 Å². The minimum absolute atomic E-state index is 0.00851. The number of aryl methyl sites for hydroxylation is 2. The van der Waals surface area contributed by atoms with Gasteiger partial charge in [-0.1, -0.05) is 11.6 Å². The Hall–Kier alpha value is -3.29. The van der Waals surface area contributed by atoms with Gasteiger partial charge >= 0.3 is 0 Å². The molecular weight excluding hydrogens is 466 g/mol. The molecule has 196 valence electrons. The van der Waals surface area contributed by atoms with E-state index in [0.717, 1.165) is 48.0 Å². The van der Waals surface area contributed by atoms with Crippen LogP contribution in [0.1, 0.15) is 70.4 Å². The van der Waals surface area contributed by atoms with Crippen molar-refractivity contribution in [2.75, 3.05) is 38.7 Å². The zero-order chi connectivity index (χ0) is 26.7. The highest BCUT2D eigenvalue weighted by molar-refractivity contribution is 6.11. The number of carbonyl (C=O) groups excluding carboxylic acids is 2. The first kappa shape index (κ1) is 26.8. The molecule has 1 N–H and O–H groups in total. The number of aliphatic hydroxyl groups is 1. The Labute approximate surface area is 218 Å². The Balaban J connectivity index is 1.76. The van der Waals surface area contributed by atoms with Crippen LogP contribution in [0.15, 0.2) is 47.3 Å². The number of Topliss-reactive ketones (excluding diaryl/α,β-unsaturated/α-hetero) is 1. The number of ketones is 1. The minimum atomic E-state index is -0.217. The van der Waals surface area contributed by atoms with Crippen molar-refractivity contribution >= 4 is 28.3 Å². The first-order valence-corrected chi connectivity index (χ1v) is 13.1. The van der Waals surface area contributed by atoms with Crippen LogP contribution in [0.25, 0.3) is 10.9 Å². The summed E-state index contributed by atoms with van der Waals surface area (Å²) in [6.07, 6.45) is 2.55. The maximum atomic E-state index is 13.7. The van der Waals surface area contributed by atoms with E-state index >= 15 is 0 Å². The van der Waals surface area contributed by atoms with E-state index in [1.54, 1.807) is 35.9 Å². The molecule has 0 bridgehead atoms. The summed E-state index contributed by atoms with van der Waals surface area (Å²) in [6, 6.07) is 12.8. The molecule has 1 aromatic heterocycles. The van der Waals surface area contributed by atoms with Gasteiger partial charge in [0.2, 0.25) is 0 Å². The molecule has 7 heteroatoms. The summed E-state index contributed by atoms with van der Waals surface area (Å²) in [5.74, 6) is -0.0400. The molecule has 2 aromatic carbocycles. The number of hydrogen-bond donors (Lipinski definition) is 1. The van der Waals surface area contributed by atoms with E-state index in [1.807, 2.05) is 32.0 Å². The first-order valence-electron chi connectivity index (χ1n) is 13.1. The Morgan fingerprint density at radius 3 is 2.49 bits per heavy atom. The molecule has 0 radical (unpaired) electrons. The van der Waals surface area contributed by atoms with Gasteiger partial charge < -0.3 is 19.5 Å². The maximum absolute atomic E-state index is 13.7. The van der Waals surface area contributed by atoms with E-state index in [1.165, 1.54) is 4.90 Å². The van der Waals surface area contributed by atoms with Crippen molar-refractivity contribution in [1.29, 1.82) is 0 Å². The molecule has 37 heavy (non-hydrogen) atoms. The molecule has 1 amide bonds. The number of anilines is 1. The number of aromatic nitrogens is 1. The predicted molar refractivity (Wildman–Crippen MR) is 148 cm³/mol. The molecule has 4 rings (SSSR count). The van der Waals surface area contributed by atoms with Crippen molar-refractivity contribution in [2.45, 2.75) is 52.0 Å². The lowest BCUT2D eigenvalue weighted by Gasteiger charge is -2.30. The second-order valence-electron chi connectivity index (χ2n) is 10.1. The van der Waals surface area contributed by atoms with Crippen LogP contribution < -0.4 is 10.5 Å². The van der Waals surface area contributed by atoms with Crippen molar-refractivity contribution in [2.24, 2.45) is 0 Å². The number of nitrogens with zero attached hydrogens (tertiary/aromatic N) is 3. The molecule has 3 aromatic rings. The lowest BCUT2D eigenvalue weighted by Crippen LogP contribution is -2.30. The van der Waals surface area contributed by atoms with Crippen molar-refractivity contribution in [3.05, 3.63) is 75.1 Å². The number of rotatable bonds is 8. The molecule has 0 aliphatic carbocycles. The van der Waals surface area contributed by atoms with E-state index < -0.39 is 0 Å². The highest BCUT2D eigenvalue weighted by Gasteiger charge is 2.24. The number of piperidine rings is 1. The Morgan fingerprint density at radius 2 is 1.81 bits per heavy atom. The number of carbonyl (C=O) groups is 2.